The van der Waals surface area contributed by atoms with Gasteiger partial charge in [-0.15, -0.1) is 0 Å². The number of sulfonamides is 1. The van der Waals surface area contributed by atoms with Crippen LogP contribution in [0.3, 0.4) is 0 Å². The summed E-state index contributed by atoms with van der Waals surface area (Å²) < 4.78 is 31.3. The van der Waals surface area contributed by atoms with E-state index < -0.39 is 16.1 Å². The van der Waals surface area contributed by atoms with Crippen molar-refractivity contribution in [3.05, 3.63) is 24.0 Å². The third-order valence-electron chi connectivity index (χ3n) is 2.95. The first-order valence-electron chi connectivity index (χ1n) is 5.95. The third-order valence-corrected chi connectivity index (χ3v) is 4.80. The number of nitrogens with zero attached hydrogens (tertiary/aromatic N) is 2. The lowest BCUT2D eigenvalue weighted by Gasteiger charge is -2.31. The van der Waals surface area contributed by atoms with Crippen molar-refractivity contribution in [3.8, 4) is 0 Å². The molecule has 19 heavy (non-hydrogen) atoms. The largest absolute Gasteiger partial charge is 0.394 e. The molecule has 7 nitrogen and oxygen atoms in total. The van der Waals surface area contributed by atoms with E-state index in [1.54, 1.807) is 6.07 Å². The highest BCUT2D eigenvalue weighted by Crippen LogP contribution is 2.18. The molecule has 0 amide bonds. The molecule has 1 aromatic rings. The number of aliphatic hydroxyl groups excluding tert-OH is 1. The molecule has 2 heterocycles. The molecule has 0 bridgehead atoms. The van der Waals surface area contributed by atoms with Gasteiger partial charge in [0.1, 0.15) is 4.90 Å². The molecular weight excluding hydrogens is 270 g/mol. The van der Waals surface area contributed by atoms with E-state index >= 15 is 0 Å². The van der Waals surface area contributed by atoms with Crippen molar-refractivity contribution in [2.75, 3.05) is 26.3 Å². The van der Waals surface area contributed by atoms with Crippen molar-refractivity contribution in [3.63, 3.8) is 0 Å². The van der Waals surface area contributed by atoms with Crippen molar-refractivity contribution in [1.29, 1.82) is 0 Å². The minimum absolute atomic E-state index is 0.128. The van der Waals surface area contributed by atoms with Gasteiger partial charge in [-0.25, -0.2) is 8.42 Å². The van der Waals surface area contributed by atoms with Crippen LogP contribution in [0.25, 0.3) is 0 Å². The van der Waals surface area contributed by atoms with Crippen molar-refractivity contribution in [2.45, 2.75) is 17.5 Å². The Kier molecular flexibility index (Phi) is 4.48. The number of ether oxygens (including phenoxy) is 1. The van der Waals surface area contributed by atoms with Gasteiger partial charge >= 0.3 is 0 Å². The van der Waals surface area contributed by atoms with Gasteiger partial charge in [-0.2, -0.15) is 4.31 Å². The number of rotatable bonds is 4. The Morgan fingerprint density at radius 1 is 1.53 bits per heavy atom. The first-order valence-corrected chi connectivity index (χ1v) is 7.39. The molecule has 0 radical (unpaired) electrons. The van der Waals surface area contributed by atoms with Crippen LogP contribution in [-0.2, 0) is 21.3 Å². The van der Waals surface area contributed by atoms with E-state index in [0.29, 0.717) is 5.69 Å². The van der Waals surface area contributed by atoms with Crippen molar-refractivity contribution < 1.29 is 18.3 Å². The number of hydrogen-bond acceptors (Lipinski definition) is 6. The molecule has 0 aromatic carbocycles. The van der Waals surface area contributed by atoms with Crippen molar-refractivity contribution in [1.82, 2.24) is 9.29 Å². The van der Waals surface area contributed by atoms with Gasteiger partial charge < -0.3 is 15.6 Å². The normalized spacial score (nSPS) is 21.5. The van der Waals surface area contributed by atoms with Gasteiger partial charge in [-0.1, -0.05) is 0 Å². The Morgan fingerprint density at radius 3 is 2.89 bits per heavy atom. The predicted molar refractivity (Wildman–Crippen MR) is 67.7 cm³/mol. The summed E-state index contributed by atoms with van der Waals surface area (Å²) in [5, 5.41) is 9.04. The topological polar surface area (TPSA) is 106 Å². The molecule has 106 valence electrons. The minimum atomic E-state index is -3.59. The maximum Gasteiger partial charge on any atom is 0.244 e. The molecule has 1 saturated heterocycles. The van der Waals surface area contributed by atoms with Crippen LogP contribution in [0.4, 0.5) is 0 Å². The van der Waals surface area contributed by atoms with E-state index in [1.807, 2.05) is 0 Å². The maximum absolute atomic E-state index is 12.4. The Labute approximate surface area is 112 Å². The number of morpholine rings is 1. The second-order valence-electron chi connectivity index (χ2n) is 4.23. The molecule has 2 rings (SSSR count). The quantitative estimate of drug-likeness (QED) is 0.730. The summed E-state index contributed by atoms with van der Waals surface area (Å²) in [7, 11) is -3.59. The van der Waals surface area contributed by atoms with Crippen LogP contribution in [-0.4, -0.2) is 55.2 Å². The molecule has 0 aliphatic carbocycles. The van der Waals surface area contributed by atoms with E-state index in [1.165, 1.54) is 16.6 Å². The first-order chi connectivity index (χ1) is 9.07. The molecule has 0 saturated carbocycles. The van der Waals surface area contributed by atoms with E-state index in [4.69, 9.17) is 15.6 Å². The van der Waals surface area contributed by atoms with Crippen LogP contribution < -0.4 is 5.73 Å². The van der Waals surface area contributed by atoms with E-state index in [-0.39, 0.29) is 37.7 Å². The minimum Gasteiger partial charge on any atom is -0.394 e. The summed E-state index contributed by atoms with van der Waals surface area (Å²) >= 11 is 0. The fourth-order valence-corrected chi connectivity index (χ4v) is 3.26. The summed E-state index contributed by atoms with van der Waals surface area (Å²) in [6.45, 7) is 0.772. The van der Waals surface area contributed by atoms with Gasteiger partial charge in [0, 0.05) is 25.8 Å². The average molecular weight is 287 g/mol. The number of nitrogens with two attached hydrogens (primary N) is 1. The van der Waals surface area contributed by atoms with Crippen LogP contribution in [0, 0.1) is 0 Å². The van der Waals surface area contributed by atoms with E-state index in [2.05, 4.69) is 4.98 Å². The second-order valence-corrected chi connectivity index (χ2v) is 6.17. The Balaban J connectivity index is 2.20. The zero-order valence-electron chi connectivity index (χ0n) is 10.4. The van der Waals surface area contributed by atoms with Crippen molar-refractivity contribution >= 4 is 10.0 Å². The van der Waals surface area contributed by atoms with Crippen LogP contribution >= 0.6 is 0 Å². The summed E-state index contributed by atoms with van der Waals surface area (Å²) in [5.41, 5.74) is 6.05. The van der Waals surface area contributed by atoms with E-state index in [9.17, 15) is 8.42 Å². The number of hydrogen-bond donors (Lipinski definition) is 2. The molecule has 1 unspecified atom stereocenters. The summed E-state index contributed by atoms with van der Waals surface area (Å²) in [4.78, 5) is 4.11. The van der Waals surface area contributed by atoms with Crippen LogP contribution in [0.5, 0.6) is 0 Å². The zero-order chi connectivity index (χ0) is 13.9. The highest BCUT2D eigenvalue weighted by atomic mass is 32.2. The van der Waals surface area contributed by atoms with Crippen LogP contribution in [0.1, 0.15) is 5.69 Å². The van der Waals surface area contributed by atoms with E-state index in [0.717, 1.165) is 0 Å². The van der Waals surface area contributed by atoms with Gasteiger partial charge in [0.05, 0.1) is 25.0 Å². The maximum atomic E-state index is 12.4. The van der Waals surface area contributed by atoms with Gasteiger partial charge in [-0.05, 0) is 12.1 Å². The smallest absolute Gasteiger partial charge is 0.244 e. The molecular formula is C11H17N3O4S. The van der Waals surface area contributed by atoms with Gasteiger partial charge in [0.25, 0.3) is 0 Å². The third kappa shape index (κ3) is 3.10. The molecule has 1 atom stereocenters. The lowest BCUT2D eigenvalue weighted by molar-refractivity contribution is -0.0304. The van der Waals surface area contributed by atoms with Crippen molar-refractivity contribution in [2.24, 2.45) is 5.73 Å². The molecule has 1 fully saturated rings. The first kappa shape index (κ1) is 14.4. The predicted octanol–water partition coefficient (Wildman–Crippen LogP) is -1.08. The molecule has 1 aliphatic heterocycles. The fraction of sp³-hybridized carbons (Fsp3) is 0.545. The molecule has 1 aliphatic rings. The SMILES string of the molecule is NCc1ccc(S(=O)(=O)N2CCOC(CO)C2)cn1. The Hall–Kier alpha value is -1.06. The second kappa shape index (κ2) is 5.93. The molecule has 3 N–H and O–H groups in total. The molecule has 8 heteroatoms. The standard InChI is InChI=1S/C11H17N3O4S/c12-5-9-1-2-11(6-13-9)19(16,17)14-3-4-18-10(7-14)8-15/h1-2,6,10,15H,3-5,7-8,12H2. The molecule has 0 spiro atoms. The van der Waals surface area contributed by atoms with Gasteiger partial charge in [0.2, 0.25) is 10.0 Å². The van der Waals surface area contributed by atoms with Gasteiger partial charge in [-0.3, -0.25) is 4.98 Å². The van der Waals surface area contributed by atoms with Gasteiger partial charge in [0.15, 0.2) is 0 Å². The monoisotopic (exact) mass is 287 g/mol. The highest BCUT2D eigenvalue weighted by molar-refractivity contribution is 7.89. The summed E-state index contributed by atoms with van der Waals surface area (Å²) in [5.74, 6) is 0. The Bertz CT molecular complexity index is 517. The summed E-state index contributed by atoms with van der Waals surface area (Å²) in [6, 6.07) is 3.09. The lowest BCUT2D eigenvalue weighted by atomic mass is 10.3. The average Bonchev–Trinajstić information content (AvgIpc) is 2.47. The summed E-state index contributed by atoms with van der Waals surface area (Å²) in [6.07, 6.45) is 0.834. The van der Waals surface area contributed by atoms with Crippen LogP contribution in [0.2, 0.25) is 0 Å². The zero-order valence-corrected chi connectivity index (χ0v) is 11.2. The molecule has 1 aromatic heterocycles. The lowest BCUT2D eigenvalue weighted by Crippen LogP contribution is -2.46. The number of aromatic nitrogens is 1. The number of aliphatic hydroxyl groups is 1. The van der Waals surface area contributed by atoms with Crippen LogP contribution in [0.15, 0.2) is 23.2 Å². The highest BCUT2D eigenvalue weighted by Gasteiger charge is 2.30. The fourth-order valence-electron chi connectivity index (χ4n) is 1.85. The number of pyridine rings is 1. The Morgan fingerprint density at radius 2 is 2.32 bits per heavy atom.